The molecule has 0 radical (unpaired) electrons. The van der Waals surface area contributed by atoms with Gasteiger partial charge in [0.05, 0.1) is 19.0 Å². The number of Topliss-reactive ketones (excluding diaryl/α,β-unsaturated/α-hetero) is 1. The van der Waals surface area contributed by atoms with Gasteiger partial charge in [-0.15, -0.1) is 11.8 Å². The molecule has 0 aromatic heterocycles. The number of esters is 1. The number of hydrogen-bond donors (Lipinski definition) is 0. The van der Waals surface area contributed by atoms with Crippen LogP contribution in [0.15, 0.2) is 42.5 Å². The Labute approximate surface area is 179 Å². The molecular formula is C21H22Cl2O4S. The maximum Gasteiger partial charge on any atom is 0.320 e. The van der Waals surface area contributed by atoms with E-state index < -0.39 is 16.6 Å². The molecule has 2 aromatic carbocycles. The zero-order valence-corrected chi connectivity index (χ0v) is 18.5. The molecule has 1 atom stereocenters. The molecule has 2 aromatic rings. The van der Waals surface area contributed by atoms with Gasteiger partial charge in [-0.05, 0) is 43.7 Å². The fourth-order valence-corrected chi connectivity index (χ4v) is 4.26. The third-order valence-corrected chi connectivity index (χ3v) is 6.40. The molecule has 4 nitrogen and oxygen atoms in total. The van der Waals surface area contributed by atoms with Gasteiger partial charge in [0, 0.05) is 21.4 Å². The van der Waals surface area contributed by atoms with Crippen molar-refractivity contribution in [3.8, 4) is 5.75 Å². The molecule has 28 heavy (non-hydrogen) atoms. The molecule has 0 aliphatic rings. The van der Waals surface area contributed by atoms with E-state index in [9.17, 15) is 9.59 Å². The maximum atomic E-state index is 13.3. The van der Waals surface area contributed by atoms with Crippen LogP contribution in [0.3, 0.4) is 0 Å². The number of methoxy groups -OCH3 is 2. The number of ether oxygens (including phenoxy) is 2. The highest BCUT2D eigenvalue weighted by Gasteiger charge is 2.41. The molecule has 0 bridgehead atoms. The van der Waals surface area contributed by atoms with Gasteiger partial charge in [0.25, 0.3) is 0 Å². The molecule has 0 heterocycles. The number of rotatable bonds is 8. The molecule has 2 rings (SSSR count). The molecule has 0 saturated carbocycles. The standard InChI is InChI=1S/C21H22Cl2O4S/c1-21(2,28-12-13-8-10-14(26-3)11-9-13)19(24)18(20(25)27-4)17-15(22)6-5-7-16(17)23/h5-11,18H,12H2,1-4H3. The lowest BCUT2D eigenvalue weighted by Gasteiger charge is -2.27. The summed E-state index contributed by atoms with van der Waals surface area (Å²) < 4.78 is 9.16. The third-order valence-electron chi connectivity index (χ3n) is 4.34. The predicted molar refractivity (Wildman–Crippen MR) is 115 cm³/mol. The van der Waals surface area contributed by atoms with Crippen LogP contribution in [0.5, 0.6) is 5.75 Å². The van der Waals surface area contributed by atoms with E-state index in [-0.39, 0.29) is 21.4 Å². The number of ketones is 1. The van der Waals surface area contributed by atoms with E-state index in [0.717, 1.165) is 11.3 Å². The van der Waals surface area contributed by atoms with Crippen LogP contribution in [0.1, 0.15) is 30.9 Å². The van der Waals surface area contributed by atoms with Gasteiger partial charge in [-0.25, -0.2) is 0 Å². The van der Waals surface area contributed by atoms with Crippen LogP contribution in [0.25, 0.3) is 0 Å². The lowest BCUT2D eigenvalue weighted by molar-refractivity contribution is -0.146. The maximum absolute atomic E-state index is 13.3. The summed E-state index contributed by atoms with van der Waals surface area (Å²) in [5, 5.41) is 0.513. The molecule has 150 valence electrons. The van der Waals surface area contributed by atoms with E-state index in [4.69, 9.17) is 32.7 Å². The Morgan fingerprint density at radius 2 is 1.61 bits per heavy atom. The quantitative estimate of drug-likeness (QED) is 0.398. The fourth-order valence-electron chi connectivity index (χ4n) is 2.66. The molecule has 7 heteroatoms. The number of hydrogen-bond acceptors (Lipinski definition) is 5. The number of benzene rings is 2. The second kappa shape index (κ2) is 9.68. The van der Waals surface area contributed by atoms with Gasteiger partial charge in [-0.2, -0.15) is 0 Å². The Hall–Kier alpha value is -1.69. The summed E-state index contributed by atoms with van der Waals surface area (Å²) in [5.41, 5.74) is 1.32. The minimum absolute atomic E-state index is 0.257. The molecule has 0 amide bonds. The zero-order chi connectivity index (χ0) is 20.9. The van der Waals surface area contributed by atoms with Crippen molar-refractivity contribution in [2.75, 3.05) is 14.2 Å². The molecule has 0 N–H and O–H groups in total. The molecule has 0 spiro atoms. The number of thioether (sulfide) groups is 1. The summed E-state index contributed by atoms with van der Waals surface area (Å²) in [6.45, 7) is 3.56. The SMILES string of the molecule is COC(=O)C(C(=O)C(C)(C)SCc1ccc(OC)cc1)c1c(Cl)cccc1Cl. The Kier molecular flexibility index (Phi) is 7.81. The largest absolute Gasteiger partial charge is 0.497 e. The number of halogens is 2. The van der Waals surface area contributed by atoms with Crippen molar-refractivity contribution in [3.05, 3.63) is 63.6 Å². The van der Waals surface area contributed by atoms with Crippen molar-refractivity contribution in [1.82, 2.24) is 0 Å². The normalized spacial score (nSPS) is 12.4. The van der Waals surface area contributed by atoms with E-state index in [1.165, 1.54) is 18.9 Å². The molecule has 0 saturated heterocycles. The van der Waals surface area contributed by atoms with Gasteiger partial charge >= 0.3 is 5.97 Å². The highest BCUT2D eigenvalue weighted by Crippen LogP contribution is 2.39. The third kappa shape index (κ3) is 5.22. The average Bonchev–Trinajstić information content (AvgIpc) is 2.68. The van der Waals surface area contributed by atoms with E-state index in [1.807, 2.05) is 24.3 Å². The van der Waals surface area contributed by atoms with Gasteiger partial charge < -0.3 is 9.47 Å². The highest BCUT2D eigenvalue weighted by atomic mass is 35.5. The van der Waals surface area contributed by atoms with Crippen LogP contribution in [-0.2, 0) is 20.1 Å². The molecule has 0 aliphatic heterocycles. The van der Waals surface area contributed by atoms with Crippen LogP contribution < -0.4 is 4.74 Å². The summed E-state index contributed by atoms with van der Waals surface area (Å²) in [4.78, 5) is 25.8. The Bertz CT molecular complexity index is 830. The van der Waals surface area contributed by atoms with Crippen LogP contribution >= 0.6 is 35.0 Å². The summed E-state index contributed by atoms with van der Waals surface area (Å²) in [6.07, 6.45) is 0. The van der Waals surface area contributed by atoms with Gasteiger partial charge in [-0.3, -0.25) is 9.59 Å². The van der Waals surface area contributed by atoms with Crippen molar-refractivity contribution in [3.63, 3.8) is 0 Å². The van der Waals surface area contributed by atoms with Gasteiger partial charge in [0.1, 0.15) is 11.7 Å². The monoisotopic (exact) mass is 440 g/mol. The van der Waals surface area contributed by atoms with Crippen molar-refractivity contribution < 1.29 is 19.1 Å². The first-order chi connectivity index (χ1) is 13.2. The average molecular weight is 441 g/mol. The second-order valence-corrected chi connectivity index (χ2v) is 9.02. The van der Waals surface area contributed by atoms with Gasteiger partial charge in [-0.1, -0.05) is 41.4 Å². The molecule has 0 fully saturated rings. The molecular weight excluding hydrogens is 419 g/mol. The first-order valence-corrected chi connectivity index (χ1v) is 10.3. The predicted octanol–water partition coefficient (Wildman–Crippen LogP) is 5.54. The minimum Gasteiger partial charge on any atom is -0.497 e. The number of carbonyl (C=O) groups is 2. The molecule has 1 unspecified atom stereocenters. The summed E-state index contributed by atoms with van der Waals surface area (Å²) in [6, 6.07) is 12.5. The Morgan fingerprint density at radius 3 is 2.11 bits per heavy atom. The second-order valence-electron chi connectivity index (χ2n) is 6.60. The zero-order valence-electron chi connectivity index (χ0n) is 16.1. The van der Waals surface area contributed by atoms with Crippen LogP contribution in [0, 0.1) is 0 Å². The van der Waals surface area contributed by atoms with Crippen LogP contribution in [-0.4, -0.2) is 30.7 Å². The Morgan fingerprint density at radius 1 is 1.04 bits per heavy atom. The summed E-state index contributed by atoms with van der Waals surface area (Å²) >= 11 is 13.9. The van der Waals surface area contributed by atoms with Crippen LogP contribution in [0.2, 0.25) is 10.0 Å². The smallest absolute Gasteiger partial charge is 0.320 e. The van der Waals surface area contributed by atoms with Crippen molar-refractivity contribution in [2.24, 2.45) is 0 Å². The molecule has 0 aliphatic carbocycles. The van der Waals surface area contributed by atoms with E-state index in [0.29, 0.717) is 5.75 Å². The minimum atomic E-state index is -1.19. The van der Waals surface area contributed by atoms with Gasteiger partial charge in [0.15, 0.2) is 5.78 Å². The van der Waals surface area contributed by atoms with Crippen molar-refractivity contribution in [1.29, 1.82) is 0 Å². The van der Waals surface area contributed by atoms with Gasteiger partial charge in [0.2, 0.25) is 0 Å². The van der Waals surface area contributed by atoms with Crippen molar-refractivity contribution >= 4 is 46.7 Å². The first-order valence-electron chi connectivity index (χ1n) is 8.54. The van der Waals surface area contributed by atoms with E-state index in [2.05, 4.69) is 0 Å². The number of carbonyl (C=O) groups excluding carboxylic acids is 2. The van der Waals surface area contributed by atoms with Crippen molar-refractivity contribution in [2.45, 2.75) is 30.3 Å². The highest BCUT2D eigenvalue weighted by molar-refractivity contribution is 8.00. The summed E-state index contributed by atoms with van der Waals surface area (Å²) in [5.74, 6) is -0.828. The van der Waals surface area contributed by atoms with E-state index in [1.54, 1.807) is 39.2 Å². The topological polar surface area (TPSA) is 52.6 Å². The lowest BCUT2D eigenvalue weighted by Crippen LogP contribution is -2.37. The first kappa shape index (κ1) is 22.6. The Balaban J connectivity index is 2.27. The van der Waals surface area contributed by atoms with Crippen LogP contribution in [0.4, 0.5) is 0 Å². The summed E-state index contributed by atoms with van der Waals surface area (Å²) in [7, 11) is 2.85. The fraction of sp³-hybridized carbons (Fsp3) is 0.333. The lowest BCUT2D eigenvalue weighted by atomic mass is 9.88. The van der Waals surface area contributed by atoms with E-state index >= 15 is 0 Å².